The Labute approximate surface area is 215 Å². The van der Waals surface area contributed by atoms with Gasteiger partial charge in [0.15, 0.2) is 18.2 Å². The molecule has 1 aliphatic carbocycles. The fourth-order valence-electron chi connectivity index (χ4n) is 5.34. The second-order valence-corrected chi connectivity index (χ2v) is 10.1. The normalized spacial score (nSPS) is 18.5. The zero-order chi connectivity index (χ0) is 26.4. The number of rotatable bonds is 9. The molecule has 0 radical (unpaired) electrons. The number of allylic oxidation sites excluding steroid dienone is 2. The molecule has 1 saturated carbocycles. The molecule has 37 heavy (non-hydrogen) atoms. The monoisotopic (exact) mass is 516 g/mol. The number of hydrogen-bond donors (Lipinski definition) is 0. The quantitative estimate of drug-likeness (QED) is 0.203. The maximum Gasteiger partial charge on any atom is 0.422 e. The number of ether oxygens (including phenoxy) is 1. The van der Waals surface area contributed by atoms with Crippen LogP contribution < -0.4 is 4.74 Å². The third kappa shape index (κ3) is 7.33. The lowest BCUT2D eigenvalue weighted by Gasteiger charge is -2.29. The van der Waals surface area contributed by atoms with Crippen LogP contribution >= 0.6 is 0 Å². The van der Waals surface area contributed by atoms with Gasteiger partial charge in [-0.1, -0.05) is 48.6 Å². The Kier molecular flexibility index (Phi) is 8.88. The molecule has 6 heteroatoms. The van der Waals surface area contributed by atoms with Gasteiger partial charge in [0.05, 0.1) is 0 Å². The third-order valence-electron chi connectivity index (χ3n) is 7.42. The van der Waals surface area contributed by atoms with E-state index in [1.54, 1.807) is 6.07 Å². The second kappa shape index (κ2) is 12.1. The molecule has 0 aliphatic heterocycles. The SMILES string of the molecule is C/C=C/CCC1CCC(c2ccc3c(F)c(CCc4ccc(OCC(F)(F)F)c(F)c4)ccc3c2)CC1. The van der Waals surface area contributed by atoms with Crippen molar-refractivity contribution in [1.29, 1.82) is 0 Å². The van der Waals surface area contributed by atoms with E-state index in [9.17, 15) is 17.6 Å². The smallest absolute Gasteiger partial charge is 0.422 e. The van der Waals surface area contributed by atoms with Crippen LogP contribution in [0.25, 0.3) is 10.8 Å². The van der Waals surface area contributed by atoms with Crippen LogP contribution in [0.15, 0.2) is 60.7 Å². The van der Waals surface area contributed by atoms with E-state index in [1.807, 2.05) is 12.1 Å². The molecular formula is C31H33F5O. The van der Waals surface area contributed by atoms with Crippen LogP contribution in [0.4, 0.5) is 22.0 Å². The van der Waals surface area contributed by atoms with E-state index < -0.39 is 24.3 Å². The van der Waals surface area contributed by atoms with E-state index in [1.165, 1.54) is 49.8 Å². The summed E-state index contributed by atoms with van der Waals surface area (Å²) >= 11 is 0. The fraction of sp³-hybridized carbons (Fsp3) is 0.419. The molecule has 0 unspecified atom stereocenters. The van der Waals surface area contributed by atoms with E-state index in [0.29, 0.717) is 35.3 Å². The van der Waals surface area contributed by atoms with E-state index >= 15 is 4.39 Å². The van der Waals surface area contributed by atoms with Crippen LogP contribution in [0.3, 0.4) is 0 Å². The highest BCUT2D eigenvalue weighted by Gasteiger charge is 2.29. The van der Waals surface area contributed by atoms with Crippen molar-refractivity contribution in [3.8, 4) is 5.75 Å². The van der Waals surface area contributed by atoms with E-state index in [-0.39, 0.29) is 5.82 Å². The minimum absolute atomic E-state index is 0.276. The topological polar surface area (TPSA) is 9.23 Å². The number of halogens is 5. The van der Waals surface area contributed by atoms with Crippen molar-refractivity contribution < 1.29 is 26.7 Å². The van der Waals surface area contributed by atoms with Gasteiger partial charge < -0.3 is 4.74 Å². The summed E-state index contributed by atoms with van der Waals surface area (Å²) in [6, 6.07) is 13.6. The van der Waals surface area contributed by atoms with Crippen molar-refractivity contribution in [2.75, 3.05) is 6.61 Å². The van der Waals surface area contributed by atoms with Crippen molar-refractivity contribution in [2.24, 2.45) is 5.92 Å². The number of hydrogen-bond acceptors (Lipinski definition) is 1. The molecule has 4 rings (SSSR count). The van der Waals surface area contributed by atoms with E-state index in [2.05, 4.69) is 35.9 Å². The Morgan fingerprint density at radius 2 is 1.70 bits per heavy atom. The summed E-state index contributed by atoms with van der Waals surface area (Å²) < 4.78 is 70.9. The molecule has 0 spiro atoms. The molecule has 0 heterocycles. The molecule has 1 nitrogen and oxygen atoms in total. The number of alkyl halides is 3. The summed E-state index contributed by atoms with van der Waals surface area (Å²) in [5.41, 5.74) is 2.36. The van der Waals surface area contributed by atoms with Gasteiger partial charge >= 0.3 is 6.18 Å². The highest BCUT2D eigenvalue weighted by molar-refractivity contribution is 5.84. The standard InChI is InChI=1S/C31H33F5O/c1-2-3-4-5-21-6-10-23(11-7-21)25-15-16-27-26(19-25)14-13-24(30(27)33)12-8-22-9-17-29(28(32)18-22)37-20-31(34,35)36/h2-3,9,13-19,21,23H,4-8,10-12,20H2,1H3/b3-2+. The first-order valence-electron chi connectivity index (χ1n) is 13.0. The van der Waals surface area contributed by atoms with Crippen LogP contribution in [0.2, 0.25) is 0 Å². The molecule has 198 valence electrons. The molecule has 0 aromatic heterocycles. The number of benzene rings is 3. The molecule has 0 amide bonds. The minimum atomic E-state index is -4.54. The van der Waals surface area contributed by atoms with E-state index in [0.717, 1.165) is 23.8 Å². The lowest BCUT2D eigenvalue weighted by molar-refractivity contribution is -0.153. The first-order chi connectivity index (χ1) is 17.7. The van der Waals surface area contributed by atoms with Crippen molar-refractivity contribution in [1.82, 2.24) is 0 Å². The Bertz CT molecular complexity index is 1220. The van der Waals surface area contributed by atoms with Gasteiger partial charge in [0, 0.05) is 5.39 Å². The first-order valence-corrected chi connectivity index (χ1v) is 13.0. The van der Waals surface area contributed by atoms with Gasteiger partial charge in [0.2, 0.25) is 0 Å². The Balaban J connectivity index is 1.38. The summed E-state index contributed by atoms with van der Waals surface area (Å²) in [6.45, 7) is 0.511. The van der Waals surface area contributed by atoms with Gasteiger partial charge in [-0.25, -0.2) is 8.78 Å². The predicted molar refractivity (Wildman–Crippen MR) is 138 cm³/mol. The molecule has 1 aliphatic rings. The lowest BCUT2D eigenvalue weighted by atomic mass is 9.77. The summed E-state index contributed by atoms with van der Waals surface area (Å²) in [6.07, 6.45) is 7.75. The fourth-order valence-corrected chi connectivity index (χ4v) is 5.34. The lowest BCUT2D eigenvalue weighted by Crippen LogP contribution is -2.19. The van der Waals surface area contributed by atoms with Crippen molar-refractivity contribution in [2.45, 2.75) is 70.4 Å². The van der Waals surface area contributed by atoms with Crippen molar-refractivity contribution in [3.63, 3.8) is 0 Å². The van der Waals surface area contributed by atoms with Crippen molar-refractivity contribution >= 4 is 10.8 Å². The number of aryl methyl sites for hydroxylation is 2. The average Bonchev–Trinajstić information content (AvgIpc) is 2.87. The van der Waals surface area contributed by atoms with Gasteiger partial charge in [-0.2, -0.15) is 13.2 Å². The van der Waals surface area contributed by atoms with Crippen molar-refractivity contribution in [3.05, 3.63) is 89.0 Å². The van der Waals surface area contributed by atoms with E-state index in [4.69, 9.17) is 0 Å². The molecule has 3 aromatic rings. The largest absolute Gasteiger partial charge is 0.481 e. The molecule has 0 atom stereocenters. The van der Waals surface area contributed by atoms with Crippen LogP contribution in [0.1, 0.15) is 68.1 Å². The maximum absolute atomic E-state index is 15.3. The molecular weight excluding hydrogens is 483 g/mol. The number of fused-ring (bicyclic) bond motifs is 1. The van der Waals surface area contributed by atoms with Gasteiger partial charge in [-0.15, -0.1) is 0 Å². The Morgan fingerprint density at radius 3 is 2.41 bits per heavy atom. The minimum Gasteiger partial charge on any atom is -0.481 e. The molecule has 3 aromatic carbocycles. The zero-order valence-corrected chi connectivity index (χ0v) is 21.1. The van der Waals surface area contributed by atoms with Crippen LogP contribution in [-0.4, -0.2) is 12.8 Å². The van der Waals surface area contributed by atoms with Gasteiger partial charge in [0.1, 0.15) is 5.82 Å². The van der Waals surface area contributed by atoms with Crippen LogP contribution in [-0.2, 0) is 12.8 Å². The summed E-state index contributed by atoms with van der Waals surface area (Å²) in [5.74, 6) is -0.272. The predicted octanol–water partition coefficient (Wildman–Crippen LogP) is 9.47. The second-order valence-electron chi connectivity index (χ2n) is 10.1. The highest BCUT2D eigenvalue weighted by atomic mass is 19.4. The third-order valence-corrected chi connectivity index (χ3v) is 7.42. The molecule has 0 N–H and O–H groups in total. The highest BCUT2D eigenvalue weighted by Crippen LogP contribution is 2.38. The zero-order valence-electron chi connectivity index (χ0n) is 21.1. The Hall–Kier alpha value is -2.89. The molecule has 0 saturated heterocycles. The summed E-state index contributed by atoms with van der Waals surface area (Å²) in [5, 5.41) is 1.45. The average molecular weight is 517 g/mol. The first kappa shape index (κ1) is 27.2. The Morgan fingerprint density at radius 1 is 0.919 bits per heavy atom. The maximum atomic E-state index is 15.3. The van der Waals surface area contributed by atoms with Gasteiger partial charge in [0.25, 0.3) is 0 Å². The van der Waals surface area contributed by atoms with Gasteiger partial charge in [-0.3, -0.25) is 0 Å². The summed E-state index contributed by atoms with van der Waals surface area (Å²) in [4.78, 5) is 0. The van der Waals surface area contributed by atoms with Gasteiger partial charge in [-0.05, 0) is 104 Å². The van der Waals surface area contributed by atoms with Crippen LogP contribution in [0.5, 0.6) is 5.75 Å². The summed E-state index contributed by atoms with van der Waals surface area (Å²) in [7, 11) is 0. The molecule has 0 bridgehead atoms. The molecule has 1 fully saturated rings. The van der Waals surface area contributed by atoms with Crippen LogP contribution in [0, 0.1) is 17.6 Å².